The molecule has 0 aliphatic heterocycles. The molecule has 25 heavy (non-hydrogen) atoms. The second-order valence-electron chi connectivity index (χ2n) is 5.72. The average molecular weight is 358 g/mol. The molecule has 8 heteroatoms. The van der Waals surface area contributed by atoms with Crippen molar-refractivity contribution in [3.63, 3.8) is 0 Å². The van der Waals surface area contributed by atoms with E-state index in [4.69, 9.17) is 5.14 Å². The second kappa shape index (κ2) is 6.30. The fourth-order valence-electron chi connectivity index (χ4n) is 2.60. The Hall–Kier alpha value is -2.71. The molecule has 0 atom stereocenters. The van der Waals surface area contributed by atoms with Gasteiger partial charge in [-0.1, -0.05) is 13.0 Å². The van der Waals surface area contributed by atoms with Gasteiger partial charge in [-0.25, -0.2) is 18.5 Å². The highest BCUT2D eigenvalue weighted by Gasteiger charge is 2.18. The summed E-state index contributed by atoms with van der Waals surface area (Å²) in [4.78, 5) is 17.2. The van der Waals surface area contributed by atoms with Crippen molar-refractivity contribution in [1.29, 1.82) is 0 Å². The third-order valence-electron chi connectivity index (χ3n) is 3.83. The molecule has 3 aromatic rings. The fourth-order valence-corrected chi connectivity index (χ4v) is 3.12. The predicted octanol–water partition coefficient (Wildman–Crippen LogP) is 2.10. The Balaban J connectivity index is 1.96. The monoisotopic (exact) mass is 358 g/mol. The van der Waals surface area contributed by atoms with Crippen LogP contribution in [-0.4, -0.2) is 23.7 Å². The van der Waals surface area contributed by atoms with E-state index in [1.165, 1.54) is 24.3 Å². The summed E-state index contributed by atoms with van der Waals surface area (Å²) >= 11 is 0. The van der Waals surface area contributed by atoms with Gasteiger partial charge in [0.15, 0.2) is 0 Å². The minimum absolute atomic E-state index is 0.00910. The highest BCUT2D eigenvalue weighted by molar-refractivity contribution is 7.89. The normalized spacial score (nSPS) is 11.6. The lowest BCUT2D eigenvalue weighted by molar-refractivity contribution is 0.102. The van der Waals surface area contributed by atoms with Crippen LogP contribution < -0.4 is 10.5 Å². The number of benzene rings is 1. The molecule has 3 rings (SSSR count). The average Bonchev–Trinajstić information content (AvgIpc) is 2.92. The van der Waals surface area contributed by atoms with Gasteiger partial charge in [-0.2, -0.15) is 0 Å². The van der Waals surface area contributed by atoms with Gasteiger partial charge in [-0.3, -0.25) is 9.20 Å². The molecule has 0 radical (unpaired) electrons. The second-order valence-corrected chi connectivity index (χ2v) is 7.28. The van der Waals surface area contributed by atoms with Gasteiger partial charge in [-0.05, 0) is 49.2 Å². The summed E-state index contributed by atoms with van der Waals surface area (Å²) in [5, 5.41) is 7.85. The molecule has 3 N–H and O–H groups in total. The van der Waals surface area contributed by atoms with Crippen molar-refractivity contribution in [2.75, 3.05) is 5.32 Å². The SMILES string of the molecule is CCc1nc2ccc(C)cn2c1C(=O)Nc1ccc(S(N)(=O)=O)cc1. The maximum absolute atomic E-state index is 12.7. The zero-order chi connectivity index (χ0) is 18.2. The predicted molar refractivity (Wildman–Crippen MR) is 95.1 cm³/mol. The number of hydrogen-bond acceptors (Lipinski definition) is 4. The first kappa shape index (κ1) is 17.1. The lowest BCUT2D eigenvalue weighted by Gasteiger charge is -2.08. The molecule has 0 saturated carbocycles. The first-order valence-corrected chi connectivity index (χ1v) is 9.26. The number of aromatic nitrogens is 2. The Bertz CT molecular complexity index is 1050. The molecule has 0 saturated heterocycles. The van der Waals surface area contributed by atoms with Gasteiger partial charge < -0.3 is 5.32 Å². The molecule has 0 fully saturated rings. The lowest BCUT2D eigenvalue weighted by atomic mass is 10.2. The summed E-state index contributed by atoms with van der Waals surface area (Å²) in [6, 6.07) is 9.51. The molecule has 0 aliphatic carbocycles. The van der Waals surface area contributed by atoms with E-state index in [9.17, 15) is 13.2 Å². The number of fused-ring (bicyclic) bond motifs is 1. The lowest BCUT2D eigenvalue weighted by Crippen LogP contribution is -2.17. The van der Waals surface area contributed by atoms with Crippen LogP contribution >= 0.6 is 0 Å². The zero-order valence-corrected chi connectivity index (χ0v) is 14.7. The Morgan fingerprint density at radius 2 is 1.88 bits per heavy atom. The molecule has 1 amide bonds. The molecule has 0 spiro atoms. The van der Waals surface area contributed by atoms with Gasteiger partial charge in [0.25, 0.3) is 5.91 Å². The Labute approximate surface area is 145 Å². The number of amides is 1. The van der Waals surface area contributed by atoms with Crippen molar-refractivity contribution >= 4 is 27.3 Å². The Morgan fingerprint density at radius 1 is 1.20 bits per heavy atom. The van der Waals surface area contributed by atoms with Gasteiger partial charge in [0.2, 0.25) is 10.0 Å². The number of carbonyl (C=O) groups excluding carboxylic acids is 1. The van der Waals surface area contributed by atoms with Crippen LogP contribution in [0.1, 0.15) is 28.7 Å². The van der Waals surface area contributed by atoms with Gasteiger partial charge >= 0.3 is 0 Å². The molecule has 7 nitrogen and oxygen atoms in total. The minimum Gasteiger partial charge on any atom is -0.321 e. The fraction of sp³-hybridized carbons (Fsp3) is 0.176. The molecule has 0 bridgehead atoms. The van der Waals surface area contributed by atoms with Gasteiger partial charge in [0.1, 0.15) is 11.3 Å². The van der Waals surface area contributed by atoms with E-state index >= 15 is 0 Å². The highest BCUT2D eigenvalue weighted by Crippen LogP contribution is 2.18. The van der Waals surface area contributed by atoms with E-state index in [-0.39, 0.29) is 10.8 Å². The maximum atomic E-state index is 12.7. The van der Waals surface area contributed by atoms with Crippen molar-refractivity contribution < 1.29 is 13.2 Å². The zero-order valence-electron chi connectivity index (χ0n) is 13.9. The first-order chi connectivity index (χ1) is 11.8. The molecule has 1 aromatic carbocycles. The van der Waals surface area contributed by atoms with E-state index in [0.29, 0.717) is 29.1 Å². The third kappa shape index (κ3) is 3.40. The topological polar surface area (TPSA) is 107 Å². The standard InChI is InChI=1S/C17H18N4O3S/c1-3-14-16(21-10-11(2)4-9-15(21)20-14)17(22)19-12-5-7-13(8-6-12)25(18,23)24/h4-10H,3H2,1-2H3,(H,19,22)(H2,18,23,24). The Kier molecular flexibility index (Phi) is 4.32. The summed E-state index contributed by atoms with van der Waals surface area (Å²) in [6.07, 6.45) is 2.48. The van der Waals surface area contributed by atoms with E-state index < -0.39 is 10.0 Å². The van der Waals surface area contributed by atoms with Crippen molar-refractivity contribution in [2.45, 2.75) is 25.2 Å². The van der Waals surface area contributed by atoms with E-state index in [1.807, 2.05) is 32.2 Å². The van der Waals surface area contributed by atoms with E-state index in [2.05, 4.69) is 10.3 Å². The number of sulfonamides is 1. The van der Waals surface area contributed by atoms with Crippen molar-refractivity contribution in [1.82, 2.24) is 9.38 Å². The molecule has 0 aliphatic rings. The Morgan fingerprint density at radius 3 is 2.48 bits per heavy atom. The molecular formula is C17H18N4O3S. The summed E-state index contributed by atoms with van der Waals surface area (Å²) in [5.74, 6) is -0.307. The van der Waals surface area contributed by atoms with Gasteiger partial charge in [0, 0.05) is 11.9 Å². The number of primary sulfonamides is 1. The first-order valence-electron chi connectivity index (χ1n) is 7.71. The number of nitrogens with zero attached hydrogens (tertiary/aromatic N) is 2. The summed E-state index contributed by atoms with van der Waals surface area (Å²) in [6.45, 7) is 3.88. The largest absolute Gasteiger partial charge is 0.321 e. The van der Waals surface area contributed by atoms with E-state index in [1.54, 1.807) is 4.40 Å². The van der Waals surface area contributed by atoms with Gasteiger partial charge in [-0.15, -0.1) is 0 Å². The molecule has 2 aromatic heterocycles. The van der Waals surface area contributed by atoms with Crippen molar-refractivity contribution in [3.05, 3.63) is 59.5 Å². The number of anilines is 1. The van der Waals surface area contributed by atoms with Crippen LogP contribution in [0.25, 0.3) is 5.65 Å². The molecule has 2 heterocycles. The van der Waals surface area contributed by atoms with Crippen molar-refractivity contribution in [2.24, 2.45) is 5.14 Å². The summed E-state index contributed by atoms with van der Waals surface area (Å²) in [5.41, 5.74) is 3.36. The number of carbonyl (C=O) groups is 1. The number of pyridine rings is 1. The maximum Gasteiger partial charge on any atom is 0.274 e. The number of nitrogens with one attached hydrogen (secondary N) is 1. The molecule has 130 valence electrons. The number of aryl methyl sites for hydroxylation is 2. The van der Waals surface area contributed by atoms with Crippen molar-refractivity contribution in [3.8, 4) is 0 Å². The summed E-state index contributed by atoms with van der Waals surface area (Å²) < 4.78 is 24.4. The highest BCUT2D eigenvalue weighted by atomic mass is 32.2. The van der Waals surface area contributed by atoms with Gasteiger partial charge in [0.05, 0.1) is 10.6 Å². The number of nitrogens with two attached hydrogens (primary N) is 1. The van der Waals surface area contributed by atoms with E-state index in [0.717, 1.165) is 5.56 Å². The van der Waals surface area contributed by atoms with Crippen LogP contribution in [0.4, 0.5) is 5.69 Å². The van der Waals surface area contributed by atoms with Crippen LogP contribution in [0, 0.1) is 6.92 Å². The molecular weight excluding hydrogens is 340 g/mol. The van der Waals surface area contributed by atoms with Crippen LogP contribution in [0.3, 0.4) is 0 Å². The quantitative estimate of drug-likeness (QED) is 0.745. The molecule has 0 unspecified atom stereocenters. The third-order valence-corrected chi connectivity index (χ3v) is 4.76. The minimum atomic E-state index is -3.76. The summed E-state index contributed by atoms with van der Waals surface area (Å²) in [7, 11) is -3.76. The number of rotatable bonds is 4. The van der Waals surface area contributed by atoms with Crippen LogP contribution in [0.15, 0.2) is 47.5 Å². The van der Waals surface area contributed by atoms with Crippen LogP contribution in [0.2, 0.25) is 0 Å². The number of hydrogen-bond donors (Lipinski definition) is 2. The smallest absolute Gasteiger partial charge is 0.274 e. The van der Waals surface area contributed by atoms with Crippen LogP contribution in [-0.2, 0) is 16.4 Å². The number of imidazole rings is 1. The van der Waals surface area contributed by atoms with Crippen LogP contribution in [0.5, 0.6) is 0 Å².